The lowest BCUT2D eigenvalue weighted by molar-refractivity contribution is -0.129. The Balaban J connectivity index is 1.30. The summed E-state index contributed by atoms with van der Waals surface area (Å²) in [5.41, 5.74) is 2.15. The normalized spacial score (nSPS) is 16.0. The molecule has 2 heterocycles. The molecule has 0 N–H and O–H groups in total. The second kappa shape index (κ2) is 10.6. The molecule has 0 atom stereocenters. The first-order valence-electron chi connectivity index (χ1n) is 12.0. The van der Waals surface area contributed by atoms with Gasteiger partial charge in [0.25, 0.3) is 0 Å². The van der Waals surface area contributed by atoms with E-state index in [1.54, 1.807) is 7.11 Å². The number of para-hydroxylation sites is 1. The molecule has 34 heavy (non-hydrogen) atoms. The Labute approximate surface area is 205 Å². The number of likely N-dealkylation sites (tertiary alicyclic amines) is 1. The van der Waals surface area contributed by atoms with Gasteiger partial charge in [-0.25, -0.2) is 0 Å². The summed E-state index contributed by atoms with van der Waals surface area (Å²) in [6, 6.07) is 18.5. The Morgan fingerprint density at radius 1 is 1.06 bits per heavy atom. The lowest BCUT2D eigenvalue weighted by Gasteiger charge is -2.22. The molecule has 1 aromatic heterocycles. The quantitative estimate of drug-likeness (QED) is 0.409. The number of rotatable bonds is 10. The molecule has 0 spiro atoms. The number of amides is 1. The molecule has 5 rings (SSSR count). The molecule has 1 saturated heterocycles. The van der Waals surface area contributed by atoms with Crippen LogP contribution in [-0.2, 0) is 17.9 Å². The Hall–Kier alpha value is -2.84. The average Bonchev–Trinajstić information content (AvgIpc) is 3.44. The van der Waals surface area contributed by atoms with Gasteiger partial charge in [0.15, 0.2) is 11.0 Å². The van der Waals surface area contributed by atoms with Crippen LogP contribution in [0.1, 0.15) is 37.1 Å². The molecule has 2 aromatic carbocycles. The van der Waals surface area contributed by atoms with Crippen molar-refractivity contribution in [3.8, 4) is 11.4 Å². The molecular formula is C26H31N5O2S. The summed E-state index contributed by atoms with van der Waals surface area (Å²) in [6.45, 7) is 3.61. The summed E-state index contributed by atoms with van der Waals surface area (Å²) in [5.74, 6) is 2.25. The minimum atomic E-state index is 0.145. The smallest absolute Gasteiger partial charge is 0.233 e. The lowest BCUT2D eigenvalue weighted by atomic mass is 10.2. The Morgan fingerprint density at radius 3 is 2.47 bits per heavy atom. The van der Waals surface area contributed by atoms with Gasteiger partial charge < -0.3 is 9.64 Å². The first-order valence-corrected chi connectivity index (χ1v) is 13.0. The van der Waals surface area contributed by atoms with Crippen LogP contribution in [0.3, 0.4) is 0 Å². The molecular weight excluding hydrogens is 446 g/mol. The molecule has 0 bridgehead atoms. The molecule has 3 aromatic rings. The first kappa shape index (κ1) is 22.9. The summed E-state index contributed by atoms with van der Waals surface area (Å²) in [7, 11) is 1.66. The first-order chi connectivity index (χ1) is 16.7. The Morgan fingerprint density at radius 2 is 1.79 bits per heavy atom. The standard InChI is InChI=1S/C26H31N5O2S/c1-33-23-13-9-20(10-14-23)17-30(21-11-12-21)25(32)19-34-26-28-27-24(18-29-15-5-6-16-29)31(26)22-7-3-2-4-8-22/h2-4,7-10,13-14,21H,5-6,11-12,15-19H2,1H3. The summed E-state index contributed by atoms with van der Waals surface area (Å²) < 4.78 is 7.37. The minimum Gasteiger partial charge on any atom is -0.497 e. The van der Waals surface area contributed by atoms with E-state index in [4.69, 9.17) is 4.74 Å². The van der Waals surface area contributed by atoms with Gasteiger partial charge in [-0.2, -0.15) is 0 Å². The predicted molar refractivity (Wildman–Crippen MR) is 133 cm³/mol. The zero-order valence-electron chi connectivity index (χ0n) is 19.6. The van der Waals surface area contributed by atoms with E-state index in [0.717, 1.165) is 60.5 Å². The highest BCUT2D eigenvalue weighted by atomic mass is 32.2. The van der Waals surface area contributed by atoms with Crippen LogP contribution in [0, 0.1) is 0 Å². The maximum atomic E-state index is 13.3. The fraction of sp³-hybridized carbons (Fsp3) is 0.423. The monoisotopic (exact) mass is 477 g/mol. The summed E-state index contributed by atoms with van der Waals surface area (Å²) >= 11 is 1.48. The third kappa shape index (κ3) is 5.45. The third-order valence-corrected chi connectivity index (χ3v) is 7.34. The van der Waals surface area contributed by atoms with Crippen LogP contribution in [0.15, 0.2) is 59.8 Å². The maximum absolute atomic E-state index is 13.3. The van der Waals surface area contributed by atoms with Crippen LogP contribution in [-0.4, -0.2) is 62.5 Å². The number of nitrogens with zero attached hydrogens (tertiary/aromatic N) is 5. The summed E-state index contributed by atoms with van der Waals surface area (Å²) in [5, 5.41) is 9.79. The molecule has 1 aliphatic heterocycles. The number of thioether (sulfide) groups is 1. The van der Waals surface area contributed by atoms with Crippen molar-refractivity contribution in [1.82, 2.24) is 24.6 Å². The van der Waals surface area contributed by atoms with Gasteiger partial charge in [-0.3, -0.25) is 14.3 Å². The van der Waals surface area contributed by atoms with Crippen LogP contribution in [0.5, 0.6) is 5.75 Å². The number of aromatic nitrogens is 3. The van der Waals surface area contributed by atoms with Gasteiger partial charge >= 0.3 is 0 Å². The van der Waals surface area contributed by atoms with Crippen molar-refractivity contribution in [1.29, 1.82) is 0 Å². The summed E-state index contributed by atoms with van der Waals surface area (Å²) in [6.07, 6.45) is 4.63. The van der Waals surface area contributed by atoms with Crippen molar-refractivity contribution in [3.63, 3.8) is 0 Å². The number of methoxy groups -OCH3 is 1. The molecule has 0 radical (unpaired) electrons. The van der Waals surface area contributed by atoms with Gasteiger partial charge in [0.1, 0.15) is 5.75 Å². The zero-order chi connectivity index (χ0) is 23.3. The van der Waals surface area contributed by atoms with E-state index in [9.17, 15) is 4.79 Å². The molecule has 8 heteroatoms. The highest BCUT2D eigenvalue weighted by molar-refractivity contribution is 7.99. The van der Waals surface area contributed by atoms with Crippen molar-refractivity contribution in [2.24, 2.45) is 0 Å². The van der Waals surface area contributed by atoms with Crippen molar-refractivity contribution in [2.45, 2.75) is 50.0 Å². The molecule has 2 fully saturated rings. The minimum absolute atomic E-state index is 0.145. The maximum Gasteiger partial charge on any atom is 0.233 e. The van der Waals surface area contributed by atoms with Gasteiger partial charge in [0.05, 0.1) is 19.4 Å². The van der Waals surface area contributed by atoms with Crippen molar-refractivity contribution < 1.29 is 9.53 Å². The SMILES string of the molecule is COc1ccc(CN(C(=O)CSc2nnc(CN3CCCC3)n2-c2ccccc2)C2CC2)cc1. The van der Waals surface area contributed by atoms with E-state index in [0.29, 0.717) is 18.3 Å². The Bertz CT molecular complexity index is 1090. The average molecular weight is 478 g/mol. The number of benzene rings is 2. The van der Waals surface area contributed by atoms with E-state index in [1.807, 2.05) is 47.4 Å². The van der Waals surface area contributed by atoms with E-state index < -0.39 is 0 Å². The fourth-order valence-electron chi connectivity index (χ4n) is 4.42. The topological polar surface area (TPSA) is 63.5 Å². The van der Waals surface area contributed by atoms with Gasteiger partial charge in [-0.1, -0.05) is 42.1 Å². The Kier molecular flexibility index (Phi) is 7.16. The molecule has 7 nitrogen and oxygen atoms in total. The van der Waals surface area contributed by atoms with E-state index in [1.165, 1.54) is 24.6 Å². The van der Waals surface area contributed by atoms with Crippen molar-refractivity contribution >= 4 is 17.7 Å². The summed E-state index contributed by atoms with van der Waals surface area (Å²) in [4.78, 5) is 17.7. The van der Waals surface area contributed by atoms with Crippen LogP contribution in [0.4, 0.5) is 0 Å². The van der Waals surface area contributed by atoms with Crippen LogP contribution in [0.2, 0.25) is 0 Å². The molecule has 1 aliphatic carbocycles. The van der Waals surface area contributed by atoms with Crippen molar-refractivity contribution in [2.75, 3.05) is 26.0 Å². The molecule has 0 unspecified atom stereocenters. The molecule has 178 valence electrons. The van der Waals surface area contributed by atoms with E-state index >= 15 is 0 Å². The number of hydrogen-bond donors (Lipinski definition) is 0. The molecule has 2 aliphatic rings. The van der Waals surface area contributed by atoms with E-state index in [-0.39, 0.29) is 5.91 Å². The van der Waals surface area contributed by atoms with Crippen molar-refractivity contribution in [3.05, 3.63) is 66.0 Å². The highest BCUT2D eigenvalue weighted by Crippen LogP contribution is 2.31. The predicted octanol–water partition coefficient (Wildman–Crippen LogP) is 4.16. The van der Waals surface area contributed by atoms with E-state index in [2.05, 4.69) is 31.8 Å². The molecule has 1 amide bonds. The number of hydrogen-bond acceptors (Lipinski definition) is 6. The fourth-order valence-corrected chi connectivity index (χ4v) is 5.27. The van der Waals surface area contributed by atoms with Gasteiger partial charge in [0, 0.05) is 18.3 Å². The number of ether oxygens (including phenoxy) is 1. The second-order valence-corrected chi connectivity index (χ2v) is 9.89. The molecule has 1 saturated carbocycles. The largest absolute Gasteiger partial charge is 0.497 e. The van der Waals surface area contributed by atoms with Gasteiger partial charge in [-0.05, 0) is 68.6 Å². The third-order valence-electron chi connectivity index (χ3n) is 6.42. The lowest BCUT2D eigenvalue weighted by Crippen LogP contribution is -2.34. The van der Waals surface area contributed by atoms with Gasteiger partial charge in [-0.15, -0.1) is 10.2 Å². The number of carbonyl (C=O) groups is 1. The van der Waals surface area contributed by atoms with Gasteiger partial charge in [0.2, 0.25) is 5.91 Å². The number of carbonyl (C=O) groups excluding carboxylic acids is 1. The second-order valence-electron chi connectivity index (χ2n) is 8.94. The van der Waals surface area contributed by atoms with Crippen LogP contribution >= 0.6 is 11.8 Å². The zero-order valence-corrected chi connectivity index (χ0v) is 20.4. The highest BCUT2D eigenvalue weighted by Gasteiger charge is 2.32. The van der Waals surface area contributed by atoms with Crippen LogP contribution < -0.4 is 4.74 Å². The van der Waals surface area contributed by atoms with Crippen LogP contribution in [0.25, 0.3) is 5.69 Å².